The Morgan fingerprint density at radius 2 is 2.00 bits per heavy atom. The van der Waals surface area contributed by atoms with E-state index in [1.165, 1.54) is 24.4 Å². The van der Waals surface area contributed by atoms with Crippen molar-refractivity contribution in [3.8, 4) is 0 Å². The number of hydrogen-bond acceptors (Lipinski definition) is 4. The second-order valence-electron chi connectivity index (χ2n) is 3.81. The first kappa shape index (κ1) is 12.6. The third kappa shape index (κ3) is 2.86. The lowest BCUT2D eigenvalue weighted by molar-refractivity contribution is 0.0692. The van der Waals surface area contributed by atoms with E-state index in [0.717, 1.165) is 0 Å². The average Bonchev–Trinajstić information content (AvgIpc) is 2.39. The van der Waals surface area contributed by atoms with Crippen LogP contribution in [0.15, 0.2) is 42.7 Å². The summed E-state index contributed by atoms with van der Waals surface area (Å²) in [5.41, 5.74) is 6.20. The number of hydrogen-bond donors (Lipinski definition) is 3. The van der Waals surface area contributed by atoms with Gasteiger partial charge < -0.3 is 16.2 Å². The second kappa shape index (κ2) is 5.18. The largest absolute Gasteiger partial charge is 0.478 e. The van der Waals surface area contributed by atoms with E-state index in [1.807, 2.05) is 0 Å². The summed E-state index contributed by atoms with van der Waals surface area (Å²) in [6.45, 7) is 0. The fourth-order valence-electron chi connectivity index (χ4n) is 1.57. The highest BCUT2D eigenvalue weighted by Gasteiger charge is 2.16. The number of carboxylic acids is 1. The van der Waals surface area contributed by atoms with Crippen LogP contribution in [0.2, 0.25) is 0 Å². The Morgan fingerprint density at radius 1 is 1.21 bits per heavy atom. The molecule has 1 amide bonds. The zero-order valence-electron chi connectivity index (χ0n) is 9.83. The van der Waals surface area contributed by atoms with Crippen LogP contribution in [0, 0.1) is 0 Å². The van der Waals surface area contributed by atoms with Crippen molar-refractivity contribution in [3.63, 3.8) is 0 Å². The van der Waals surface area contributed by atoms with Crippen LogP contribution in [0.3, 0.4) is 0 Å². The van der Waals surface area contributed by atoms with Crippen LogP contribution in [-0.2, 0) is 0 Å². The number of carbonyl (C=O) groups is 2. The van der Waals surface area contributed by atoms with Crippen LogP contribution in [-0.4, -0.2) is 22.0 Å². The quantitative estimate of drug-likeness (QED) is 0.724. The number of nitrogen functional groups attached to an aromatic ring is 1. The first-order valence-corrected chi connectivity index (χ1v) is 5.42. The summed E-state index contributed by atoms with van der Waals surface area (Å²) in [5, 5.41) is 11.6. The molecular formula is C13H11N3O3. The average molecular weight is 257 g/mol. The first-order chi connectivity index (χ1) is 9.08. The van der Waals surface area contributed by atoms with Crippen molar-refractivity contribution in [2.45, 2.75) is 0 Å². The van der Waals surface area contributed by atoms with Crippen LogP contribution >= 0.6 is 0 Å². The van der Waals surface area contributed by atoms with Crippen molar-refractivity contribution < 1.29 is 14.7 Å². The van der Waals surface area contributed by atoms with Crippen LogP contribution in [0.4, 0.5) is 11.4 Å². The van der Waals surface area contributed by atoms with Crippen LogP contribution in [0.5, 0.6) is 0 Å². The molecule has 0 aliphatic heterocycles. The standard InChI is InChI=1S/C13H11N3O3/c14-8-3-4-10(11(6-8)13(18)19)12(17)16-9-2-1-5-15-7-9/h1-7H,14H2,(H,16,17)(H,18,19). The molecule has 0 spiro atoms. The Labute approximate surface area is 108 Å². The Morgan fingerprint density at radius 3 is 2.63 bits per heavy atom. The van der Waals surface area contributed by atoms with E-state index in [-0.39, 0.29) is 16.8 Å². The summed E-state index contributed by atoms with van der Waals surface area (Å²) in [7, 11) is 0. The molecule has 0 atom stereocenters. The molecule has 2 aromatic rings. The molecule has 6 heteroatoms. The molecule has 2 rings (SSSR count). The SMILES string of the molecule is Nc1ccc(C(=O)Nc2cccnc2)c(C(=O)O)c1. The molecule has 19 heavy (non-hydrogen) atoms. The van der Waals surface area contributed by atoms with Crippen molar-refractivity contribution in [1.29, 1.82) is 0 Å². The van der Waals surface area contributed by atoms with Crippen molar-refractivity contribution in [2.75, 3.05) is 11.1 Å². The lowest BCUT2D eigenvalue weighted by atomic mass is 10.1. The van der Waals surface area contributed by atoms with Gasteiger partial charge in [-0.15, -0.1) is 0 Å². The molecule has 0 unspecified atom stereocenters. The molecule has 96 valence electrons. The van der Waals surface area contributed by atoms with Gasteiger partial charge >= 0.3 is 5.97 Å². The van der Waals surface area contributed by atoms with Gasteiger partial charge in [-0.3, -0.25) is 9.78 Å². The highest BCUT2D eigenvalue weighted by molar-refractivity contribution is 6.11. The maximum Gasteiger partial charge on any atom is 0.336 e. The van der Waals surface area contributed by atoms with E-state index in [9.17, 15) is 9.59 Å². The maximum atomic E-state index is 12.0. The number of carboxylic acid groups (broad SMARTS) is 1. The molecule has 0 aliphatic rings. The van der Waals surface area contributed by atoms with Gasteiger partial charge in [0.2, 0.25) is 0 Å². The van der Waals surface area contributed by atoms with Crippen molar-refractivity contribution >= 4 is 23.3 Å². The van der Waals surface area contributed by atoms with Gasteiger partial charge in [0.15, 0.2) is 0 Å². The Balaban J connectivity index is 2.31. The van der Waals surface area contributed by atoms with E-state index < -0.39 is 11.9 Å². The number of pyridine rings is 1. The van der Waals surface area contributed by atoms with Crippen molar-refractivity contribution in [3.05, 3.63) is 53.9 Å². The Hall–Kier alpha value is -2.89. The Kier molecular flexibility index (Phi) is 3.42. The lowest BCUT2D eigenvalue weighted by Gasteiger charge is -2.08. The van der Waals surface area contributed by atoms with Crippen LogP contribution in [0.25, 0.3) is 0 Å². The molecule has 0 radical (unpaired) electrons. The predicted octanol–water partition coefficient (Wildman–Crippen LogP) is 1.61. The number of aromatic nitrogens is 1. The normalized spacial score (nSPS) is 9.89. The summed E-state index contributed by atoms with van der Waals surface area (Å²) < 4.78 is 0. The molecule has 1 aromatic carbocycles. The van der Waals surface area contributed by atoms with E-state index in [1.54, 1.807) is 18.3 Å². The summed E-state index contributed by atoms with van der Waals surface area (Å²) >= 11 is 0. The summed E-state index contributed by atoms with van der Waals surface area (Å²) in [6, 6.07) is 7.43. The lowest BCUT2D eigenvalue weighted by Crippen LogP contribution is -2.16. The minimum atomic E-state index is -1.20. The highest BCUT2D eigenvalue weighted by atomic mass is 16.4. The van der Waals surface area contributed by atoms with Crippen LogP contribution in [0.1, 0.15) is 20.7 Å². The molecule has 0 aliphatic carbocycles. The predicted molar refractivity (Wildman–Crippen MR) is 70.0 cm³/mol. The van der Waals surface area contributed by atoms with Gasteiger partial charge in [0.05, 0.1) is 23.0 Å². The summed E-state index contributed by atoms with van der Waals surface area (Å²) in [4.78, 5) is 26.9. The van der Waals surface area contributed by atoms with Gasteiger partial charge in [0.1, 0.15) is 0 Å². The topological polar surface area (TPSA) is 105 Å². The molecule has 6 nitrogen and oxygen atoms in total. The number of nitrogens with two attached hydrogens (primary N) is 1. The van der Waals surface area contributed by atoms with Gasteiger partial charge in [0, 0.05) is 11.9 Å². The molecule has 0 bridgehead atoms. The summed E-state index contributed by atoms with van der Waals surface area (Å²) in [6.07, 6.45) is 3.04. The molecule has 1 heterocycles. The summed E-state index contributed by atoms with van der Waals surface area (Å²) in [5.74, 6) is -1.73. The fraction of sp³-hybridized carbons (Fsp3) is 0. The number of carbonyl (C=O) groups excluding carboxylic acids is 1. The molecule has 1 aromatic heterocycles. The molecule has 0 fully saturated rings. The third-order valence-corrected chi connectivity index (χ3v) is 2.44. The minimum Gasteiger partial charge on any atom is -0.478 e. The van der Waals surface area contributed by atoms with Crippen molar-refractivity contribution in [1.82, 2.24) is 4.98 Å². The monoisotopic (exact) mass is 257 g/mol. The Bertz CT molecular complexity index is 626. The van der Waals surface area contributed by atoms with E-state index in [2.05, 4.69) is 10.3 Å². The number of benzene rings is 1. The maximum absolute atomic E-state index is 12.0. The molecule has 4 N–H and O–H groups in total. The molecule has 0 saturated heterocycles. The minimum absolute atomic E-state index is 0.0468. The number of aromatic carboxylic acids is 1. The third-order valence-electron chi connectivity index (χ3n) is 2.44. The van der Waals surface area contributed by atoms with E-state index >= 15 is 0 Å². The van der Waals surface area contributed by atoms with Gasteiger partial charge in [-0.2, -0.15) is 0 Å². The van der Waals surface area contributed by atoms with Gasteiger partial charge in [-0.1, -0.05) is 0 Å². The second-order valence-corrected chi connectivity index (χ2v) is 3.81. The van der Waals surface area contributed by atoms with E-state index in [0.29, 0.717) is 5.69 Å². The zero-order valence-corrected chi connectivity index (χ0v) is 9.83. The smallest absolute Gasteiger partial charge is 0.336 e. The van der Waals surface area contributed by atoms with Gasteiger partial charge in [-0.25, -0.2) is 4.79 Å². The van der Waals surface area contributed by atoms with Gasteiger partial charge in [-0.05, 0) is 30.3 Å². The fourth-order valence-corrected chi connectivity index (χ4v) is 1.57. The van der Waals surface area contributed by atoms with Crippen molar-refractivity contribution in [2.24, 2.45) is 0 Å². The van der Waals surface area contributed by atoms with E-state index in [4.69, 9.17) is 10.8 Å². The number of amides is 1. The number of nitrogens with zero attached hydrogens (tertiary/aromatic N) is 1. The molecular weight excluding hydrogens is 246 g/mol. The highest BCUT2D eigenvalue weighted by Crippen LogP contribution is 2.15. The molecule has 0 saturated carbocycles. The van der Waals surface area contributed by atoms with Gasteiger partial charge in [0.25, 0.3) is 5.91 Å². The number of anilines is 2. The number of rotatable bonds is 3. The van der Waals surface area contributed by atoms with Crippen LogP contribution < -0.4 is 11.1 Å². The first-order valence-electron chi connectivity index (χ1n) is 5.42. The zero-order chi connectivity index (χ0) is 13.8. The number of nitrogens with one attached hydrogen (secondary N) is 1.